The number of carbonyl (C=O) groups is 1. The average Bonchev–Trinajstić information content (AvgIpc) is 2.88. The Morgan fingerprint density at radius 3 is 2.52 bits per heavy atom. The summed E-state index contributed by atoms with van der Waals surface area (Å²) < 4.78 is 15.7. The zero-order chi connectivity index (χ0) is 15.8. The SMILES string of the molecule is CC(C)(C)OC(=O)Oc1ccc(O)c(CC2OC2(C)C)c1. The van der Waals surface area contributed by atoms with Gasteiger partial charge in [0.15, 0.2) is 0 Å². The molecule has 0 spiro atoms. The first-order chi connectivity index (χ1) is 9.57. The first-order valence-electron chi connectivity index (χ1n) is 6.97. The van der Waals surface area contributed by atoms with Crippen LogP contribution in [0.15, 0.2) is 18.2 Å². The highest BCUT2D eigenvalue weighted by molar-refractivity contribution is 5.64. The second-order valence-corrected chi connectivity index (χ2v) is 6.77. The van der Waals surface area contributed by atoms with Crippen molar-refractivity contribution in [3.63, 3.8) is 0 Å². The van der Waals surface area contributed by atoms with E-state index in [1.165, 1.54) is 12.1 Å². The highest BCUT2D eigenvalue weighted by Gasteiger charge is 2.47. The molecule has 5 nitrogen and oxygen atoms in total. The van der Waals surface area contributed by atoms with Crippen LogP contribution in [0.4, 0.5) is 4.79 Å². The zero-order valence-corrected chi connectivity index (χ0v) is 13.1. The molecule has 2 rings (SSSR count). The predicted molar refractivity (Wildman–Crippen MR) is 77.6 cm³/mol. The first-order valence-corrected chi connectivity index (χ1v) is 6.97. The van der Waals surface area contributed by atoms with E-state index in [1.54, 1.807) is 26.8 Å². The van der Waals surface area contributed by atoms with Gasteiger partial charge in [-0.3, -0.25) is 0 Å². The van der Waals surface area contributed by atoms with Crippen LogP contribution in [-0.2, 0) is 15.9 Å². The van der Waals surface area contributed by atoms with Gasteiger partial charge < -0.3 is 19.3 Å². The van der Waals surface area contributed by atoms with Crippen LogP contribution in [0.1, 0.15) is 40.2 Å². The van der Waals surface area contributed by atoms with Gasteiger partial charge in [-0.05, 0) is 52.8 Å². The van der Waals surface area contributed by atoms with Crippen molar-refractivity contribution in [2.45, 2.75) is 58.3 Å². The number of phenols is 1. The monoisotopic (exact) mass is 294 g/mol. The van der Waals surface area contributed by atoms with Crippen LogP contribution in [0.3, 0.4) is 0 Å². The van der Waals surface area contributed by atoms with Crippen molar-refractivity contribution < 1.29 is 24.1 Å². The van der Waals surface area contributed by atoms with E-state index >= 15 is 0 Å². The van der Waals surface area contributed by atoms with Gasteiger partial charge in [0.05, 0.1) is 11.7 Å². The van der Waals surface area contributed by atoms with E-state index in [0.29, 0.717) is 17.7 Å². The smallest absolute Gasteiger partial charge is 0.508 e. The Hall–Kier alpha value is -1.75. The molecular weight excluding hydrogens is 272 g/mol. The third-order valence-electron chi connectivity index (χ3n) is 3.21. The van der Waals surface area contributed by atoms with Crippen molar-refractivity contribution in [3.8, 4) is 11.5 Å². The van der Waals surface area contributed by atoms with E-state index in [2.05, 4.69) is 0 Å². The topological polar surface area (TPSA) is 68.3 Å². The van der Waals surface area contributed by atoms with Gasteiger partial charge in [-0.1, -0.05) is 0 Å². The number of aromatic hydroxyl groups is 1. The van der Waals surface area contributed by atoms with Crippen LogP contribution in [0, 0.1) is 0 Å². The minimum Gasteiger partial charge on any atom is -0.508 e. The Morgan fingerprint density at radius 1 is 1.38 bits per heavy atom. The Morgan fingerprint density at radius 2 is 2.00 bits per heavy atom. The van der Waals surface area contributed by atoms with E-state index < -0.39 is 11.8 Å². The summed E-state index contributed by atoms with van der Waals surface area (Å²) >= 11 is 0. The Balaban J connectivity index is 2.03. The van der Waals surface area contributed by atoms with Crippen molar-refractivity contribution in [1.29, 1.82) is 0 Å². The van der Waals surface area contributed by atoms with Crippen LogP contribution >= 0.6 is 0 Å². The molecule has 5 heteroatoms. The third kappa shape index (κ3) is 4.36. The maximum atomic E-state index is 11.6. The molecule has 1 atom stereocenters. The summed E-state index contributed by atoms with van der Waals surface area (Å²) in [6, 6.07) is 4.67. The molecule has 0 aliphatic carbocycles. The van der Waals surface area contributed by atoms with E-state index in [-0.39, 0.29) is 17.5 Å². The average molecular weight is 294 g/mol. The van der Waals surface area contributed by atoms with E-state index in [9.17, 15) is 9.90 Å². The van der Waals surface area contributed by atoms with Gasteiger partial charge in [0.2, 0.25) is 0 Å². The summed E-state index contributed by atoms with van der Waals surface area (Å²) in [6.07, 6.45) is -0.119. The van der Waals surface area contributed by atoms with Gasteiger partial charge in [-0.2, -0.15) is 0 Å². The van der Waals surface area contributed by atoms with Crippen LogP contribution in [0.25, 0.3) is 0 Å². The second-order valence-electron chi connectivity index (χ2n) is 6.77. The van der Waals surface area contributed by atoms with Crippen LogP contribution < -0.4 is 4.74 Å². The van der Waals surface area contributed by atoms with Crippen LogP contribution in [0.5, 0.6) is 11.5 Å². The maximum Gasteiger partial charge on any atom is 0.514 e. The number of benzene rings is 1. The second kappa shape index (κ2) is 5.22. The Bertz CT molecular complexity index is 542. The molecule has 0 amide bonds. The molecule has 1 aromatic rings. The molecule has 1 saturated heterocycles. The number of hydrogen-bond acceptors (Lipinski definition) is 5. The normalized spacial score (nSPS) is 20.0. The summed E-state index contributed by atoms with van der Waals surface area (Å²) in [6.45, 7) is 9.29. The molecule has 0 aromatic heterocycles. The molecule has 0 saturated carbocycles. The molecule has 0 bridgehead atoms. The van der Waals surface area contributed by atoms with E-state index in [1.807, 2.05) is 13.8 Å². The van der Waals surface area contributed by atoms with Crippen molar-refractivity contribution in [1.82, 2.24) is 0 Å². The fourth-order valence-electron chi connectivity index (χ4n) is 1.98. The summed E-state index contributed by atoms with van der Waals surface area (Å²) in [4.78, 5) is 11.6. The number of ether oxygens (including phenoxy) is 3. The fraction of sp³-hybridized carbons (Fsp3) is 0.562. The molecule has 1 aliphatic rings. The number of epoxide rings is 1. The molecular formula is C16H22O5. The van der Waals surface area contributed by atoms with Gasteiger partial charge >= 0.3 is 6.16 Å². The highest BCUT2D eigenvalue weighted by Crippen LogP contribution is 2.39. The van der Waals surface area contributed by atoms with Gasteiger partial charge in [0.1, 0.15) is 17.1 Å². The van der Waals surface area contributed by atoms with E-state index in [0.717, 1.165) is 0 Å². The van der Waals surface area contributed by atoms with Crippen LogP contribution in [0.2, 0.25) is 0 Å². The van der Waals surface area contributed by atoms with Gasteiger partial charge in [-0.25, -0.2) is 4.79 Å². The molecule has 1 N–H and O–H groups in total. The van der Waals surface area contributed by atoms with Crippen molar-refractivity contribution in [2.75, 3.05) is 0 Å². The summed E-state index contributed by atoms with van der Waals surface area (Å²) in [7, 11) is 0. The molecule has 116 valence electrons. The third-order valence-corrected chi connectivity index (χ3v) is 3.21. The standard InChI is InChI=1S/C16H22O5/c1-15(2,3)21-14(18)19-11-6-7-12(17)10(8-11)9-13-16(4,5)20-13/h6-8,13,17H,9H2,1-5H3. The highest BCUT2D eigenvalue weighted by atomic mass is 16.7. The molecule has 21 heavy (non-hydrogen) atoms. The first kappa shape index (κ1) is 15.6. The number of rotatable bonds is 3. The molecule has 1 aromatic carbocycles. The lowest BCUT2D eigenvalue weighted by molar-refractivity contribution is 0.0206. The van der Waals surface area contributed by atoms with Crippen LogP contribution in [-0.4, -0.2) is 28.6 Å². The number of hydrogen-bond donors (Lipinski definition) is 1. The molecule has 1 unspecified atom stereocenters. The molecule has 1 aliphatic heterocycles. The number of phenolic OH excluding ortho intramolecular Hbond substituents is 1. The molecule has 1 heterocycles. The quantitative estimate of drug-likeness (QED) is 0.525. The largest absolute Gasteiger partial charge is 0.514 e. The van der Waals surface area contributed by atoms with Gasteiger partial charge in [-0.15, -0.1) is 0 Å². The number of carbonyl (C=O) groups excluding carboxylic acids is 1. The van der Waals surface area contributed by atoms with Crippen molar-refractivity contribution >= 4 is 6.16 Å². The van der Waals surface area contributed by atoms with E-state index in [4.69, 9.17) is 14.2 Å². The lowest BCUT2D eigenvalue weighted by Gasteiger charge is -2.18. The minimum absolute atomic E-state index is 0.0696. The summed E-state index contributed by atoms with van der Waals surface area (Å²) in [5.74, 6) is 0.508. The lowest BCUT2D eigenvalue weighted by atomic mass is 10.0. The zero-order valence-electron chi connectivity index (χ0n) is 13.1. The van der Waals surface area contributed by atoms with Gasteiger partial charge in [0, 0.05) is 12.0 Å². The van der Waals surface area contributed by atoms with Crippen molar-refractivity contribution in [3.05, 3.63) is 23.8 Å². The predicted octanol–water partition coefficient (Wildman–Crippen LogP) is 3.43. The summed E-state index contributed by atoms with van der Waals surface area (Å²) in [5.41, 5.74) is -0.0800. The summed E-state index contributed by atoms with van der Waals surface area (Å²) in [5, 5.41) is 9.88. The molecule has 1 fully saturated rings. The maximum absolute atomic E-state index is 11.6. The Kier molecular flexibility index (Phi) is 3.89. The lowest BCUT2D eigenvalue weighted by Crippen LogP contribution is -2.26. The van der Waals surface area contributed by atoms with Gasteiger partial charge in [0.25, 0.3) is 0 Å². The Labute approximate surface area is 124 Å². The fourth-order valence-corrected chi connectivity index (χ4v) is 1.98. The van der Waals surface area contributed by atoms with Crippen molar-refractivity contribution in [2.24, 2.45) is 0 Å². The minimum atomic E-state index is -0.762. The molecule has 0 radical (unpaired) electrons.